The van der Waals surface area contributed by atoms with Crippen LogP contribution in [0, 0.1) is 23.2 Å². The van der Waals surface area contributed by atoms with Gasteiger partial charge in [0.2, 0.25) is 5.91 Å². The van der Waals surface area contributed by atoms with Crippen LogP contribution in [0.2, 0.25) is 0 Å². The molecule has 6 nitrogen and oxygen atoms in total. The molecule has 0 saturated heterocycles. The van der Waals surface area contributed by atoms with Gasteiger partial charge in [-0.3, -0.25) is 9.59 Å². The molecule has 0 aromatic carbocycles. The summed E-state index contributed by atoms with van der Waals surface area (Å²) < 4.78 is 9.12. The van der Waals surface area contributed by atoms with Crippen molar-refractivity contribution >= 4 is 17.8 Å². The fourth-order valence-corrected chi connectivity index (χ4v) is 4.98. The van der Waals surface area contributed by atoms with Gasteiger partial charge < -0.3 is 14.8 Å². The molecule has 0 spiro atoms. The molecule has 1 N–H and O–H groups in total. The van der Waals surface area contributed by atoms with E-state index in [0.717, 1.165) is 19.3 Å². The summed E-state index contributed by atoms with van der Waals surface area (Å²) in [5.74, 6) is 0.820. The van der Waals surface area contributed by atoms with Crippen LogP contribution in [0.25, 0.3) is 0 Å². The van der Waals surface area contributed by atoms with E-state index in [-0.39, 0.29) is 17.9 Å². The molecule has 0 aliphatic heterocycles. The van der Waals surface area contributed by atoms with Crippen molar-refractivity contribution in [3.8, 4) is 0 Å². The molecule has 0 radical (unpaired) electrons. The van der Waals surface area contributed by atoms with E-state index in [0.29, 0.717) is 17.8 Å². The lowest BCUT2D eigenvalue weighted by Crippen LogP contribution is -2.54. The molecule has 122 valence electrons. The molecule has 0 heterocycles. The maximum atomic E-state index is 12.6. The molecule has 4 aliphatic rings. The lowest BCUT2D eigenvalue weighted by atomic mass is 9.49. The highest BCUT2D eigenvalue weighted by molar-refractivity contribution is 5.87. The minimum absolute atomic E-state index is 0.0124. The molecule has 4 saturated carbocycles. The van der Waals surface area contributed by atoms with Gasteiger partial charge in [0, 0.05) is 5.41 Å². The number of carbonyl (C=O) groups excluding carboxylic acids is 3. The summed E-state index contributed by atoms with van der Waals surface area (Å²) in [6.07, 6.45) is 6.70. The van der Waals surface area contributed by atoms with Crippen LogP contribution in [-0.2, 0) is 23.9 Å². The third-order valence-electron chi connectivity index (χ3n) is 5.49. The highest BCUT2D eigenvalue weighted by Crippen LogP contribution is 2.60. The molecule has 4 bridgehead atoms. The molecule has 0 unspecified atom stereocenters. The monoisotopic (exact) mass is 309 g/mol. The van der Waals surface area contributed by atoms with Crippen molar-refractivity contribution in [3.05, 3.63) is 0 Å². The van der Waals surface area contributed by atoms with E-state index >= 15 is 0 Å². The Morgan fingerprint density at radius 3 is 2.05 bits per heavy atom. The van der Waals surface area contributed by atoms with Gasteiger partial charge in [-0.05, 0) is 56.3 Å². The number of esters is 2. The zero-order valence-corrected chi connectivity index (χ0v) is 12.9. The Morgan fingerprint density at radius 2 is 1.55 bits per heavy atom. The second-order valence-corrected chi connectivity index (χ2v) is 7.12. The highest BCUT2D eigenvalue weighted by Gasteiger charge is 2.54. The molecule has 4 fully saturated rings. The number of amides is 1. The van der Waals surface area contributed by atoms with Crippen LogP contribution < -0.4 is 5.32 Å². The normalized spacial score (nSPS) is 35.0. The zero-order valence-electron chi connectivity index (χ0n) is 12.9. The summed E-state index contributed by atoms with van der Waals surface area (Å²) in [5.41, 5.74) is -0.266. The van der Waals surface area contributed by atoms with E-state index in [1.165, 1.54) is 26.4 Å². The van der Waals surface area contributed by atoms with Crippen molar-refractivity contribution in [2.24, 2.45) is 23.2 Å². The number of methoxy groups -OCH3 is 1. The van der Waals surface area contributed by atoms with Gasteiger partial charge in [0.25, 0.3) is 0 Å². The molecule has 0 aromatic heterocycles. The van der Waals surface area contributed by atoms with Crippen molar-refractivity contribution in [2.75, 3.05) is 20.3 Å². The number of ether oxygens (including phenoxy) is 2. The molecule has 6 heteroatoms. The van der Waals surface area contributed by atoms with Crippen molar-refractivity contribution in [1.29, 1.82) is 0 Å². The van der Waals surface area contributed by atoms with E-state index in [1.54, 1.807) is 0 Å². The lowest BCUT2D eigenvalue weighted by Gasteiger charge is -2.55. The Hall–Kier alpha value is -1.59. The van der Waals surface area contributed by atoms with Gasteiger partial charge in [0.15, 0.2) is 6.61 Å². The number of hydrogen-bond acceptors (Lipinski definition) is 5. The summed E-state index contributed by atoms with van der Waals surface area (Å²) in [6.45, 7) is -0.597. The Labute approximate surface area is 129 Å². The summed E-state index contributed by atoms with van der Waals surface area (Å²) in [5, 5.41) is 2.72. The quantitative estimate of drug-likeness (QED) is 0.767. The second-order valence-electron chi connectivity index (χ2n) is 7.12. The van der Waals surface area contributed by atoms with Crippen LogP contribution in [0.15, 0.2) is 0 Å². The van der Waals surface area contributed by atoms with Gasteiger partial charge in [0.1, 0.15) is 6.54 Å². The average Bonchev–Trinajstić information content (AvgIpc) is 2.48. The molecular weight excluding hydrogens is 286 g/mol. The lowest BCUT2D eigenvalue weighted by molar-refractivity contribution is -0.157. The first-order valence-corrected chi connectivity index (χ1v) is 8.01. The van der Waals surface area contributed by atoms with E-state index in [4.69, 9.17) is 4.74 Å². The van der Waals surface area contributed by atoms with Crippen molar-refractivity contribution in [3.63, 3.8) is 0 Å². The molecule has 22 heavy (non-hydrogen) atoms. The van der Waals surface area contributed by atoms with Crippen LogP contribution in [0.5, 0.6) is 0 Å². The number of hydrogen-bond donors (Lipinski definition) is 1. The molecule has 1 amide bonds. The first-order valence-electron chi connectivity index (χ1n) is 8.01. The van der Waals surface area contributed by atoms with Gasteiger partial charge in [0.05, 0.1) is 7.11 Å². The van der Waals surface area contributed by atoms with Gasteiger partial charge in [-0.25, -0.2) is 4.79 Å². The molecule has 4 aliphatic carbocycles. The van der Waals surface area contributed by atoms with Crippen molar-refractivity contribution in [2.45, 2.75) is 38.5 Å². The smallest absolute Gasteiger partial charge is 0.344 e. The topological polar surface area (TPSA) is 81.7 Å². The molecule has 0 aromatic rings. The van der Waals surface area contributed by atoms with Gasteiger partial charge in [-0.15, -0.1) is 0 Å². The Kier molecular flexibility index (Phi) is 4.10. The van der Waals surface area contributed by atoms with E-state index in [1.807, 2.05) is 0 Å². The minimum atomic E-state index is -0.610. The predicted octanol–water partition coefficient (Wildman–Crippen LogP) is 1.04. The fraction of sp³-hybridized carbons (Fsp3) is 0.812. The molecule has 0 atom stereocenters. The van der Waals surface area contributed by atoms with Gasteiger partial charge in [-0.2, -0.15) is 0 Å². The first kappa shape index (κ1) is 15.3. The van der Waals surface area contributed by atoms with Crippen LogP contribution in [0.4, 0.5) is 0 Å². The van der Waals surface area contributed by atoms with Crippen LogP contribution in [0.3, 0.4) is 0 Å². The largest absolute Gasteiger partial charge is 0.466 e. The Balaban J connectivity index is 1.50. The van der Waals surface area contributed by atoms with Crippen molar-refractivity contribution < 1.29 is 23.9 Å². The van der Waals surface area contributed by atoms with Gasteiger partial charge >= 0.3 is 11.9 Å². The highest BCUT2D eigenvalue weighted by atomic mass is 16.6. The standard InChI is InChI=1S/C16H23NO5/c1-21-14(19)9-22-13(18)8-17-15(20)16-5-10-2-11(6-16)4-12(3-10)7-16/h10-12H,2-9H2,1H3,(H,17,20). The summed E-state index contributed by atoms with van der Waals surface area (Å²) in [4.78, 5) is 35.0. The minimum Gasteiger partial charge on any atom is -0.466 e. The zero-order chi connectivity index (χ0) is 15.7. The number of nitrogens with one attached hydrogen (secondary N) is 1. The SMILES string of the molecule is COC(=O)COC(=O)CNC(=O)C12CC3CC(CC(C3)C1)C2. The summed E-state index contributed by atoms with van der Waals surface area (Å²) in [7, 11) is 1.23. The number of rotatable bonds is 5. The van der Waals surface area contributed by atoms with E-state index < -0.39 is 18.5 Å². The maximum absolute atomic E-state index is 12.6. The molecular formula is C16H23NO5. The van der Waals surface area contributed by atoms with Crippen molar-refractivity contribution in [1.82, 2.24) is 5.32 Å². The number of carbonyl (C=O) groups is 3. The summed E-state index contributed by atoms with van der Waals surface area (Å²) in [6, 6.07) is 0. The van der Waals surface area contributed by atoms with E-state index in [9.17, 15) is 14.4 Å². The average molecular weight is 309 g/mol. The van der Waals surface area contributed by atoms with E-state index in [2.05, 4.69) is 10.1 Å². The van der Waals surface area contributed by atoms with Crippen LogP contribution in [0.1, 0.15) is 38.5 Å². The van der Waals surface area contributed by atoms with Gasteiger partial charge in [-0.1, -0.05) is 0 Å². The Bertz CT molecular complexity index is 452. The second kappa shape index (κ2) is 5.89. The maximum Gasteiger partial charge on any atom is 0.344 e. The molecule has 4 rings (SSSR count). The third kappa shape index (κ3) is 2.96. The Morgan fingerprint density at radius 1 is 1.00 bits per heavy atom. The third-order valence-corrected chi connectivity index (χ3v) is 5.49. The van der Waals surface area contributed by atoms with Crippen LogP contribution >= 0.6 is 0 Å². The summed E-state index contributed by atoms with van der Waals surface area (Å²) >= 11 is 0. The first-order chi connectivity index (χ1) is 10.5. The fourth-order valence-electron chi connectivity index (χ4n) is 4.98. The predicted molar refractivity (Wildman–Crippen MR) is 76.6 cm³/mol. The van der Waals surface area contributed by atoms with Crippen LogP contribution in [-0.4, -0.2) is 38.1 Å².